The molecule has 116 valence electrons. The number of likely N-dealkylation sites (tertiary alicyclic amines) is 1. The quantitative estimate of drug-likeness (QED) is 0.729. The molecule has 1 atom stereocenters. The van der Waals surface area contributed by atoms with Crippen LogP contribution in [-0.4, -0.2) is 52.3 Å². The molecular formula is C14H26N2O4. The van der Waals surface area contributed by atoms with Gasteiger partial charge in [0.25, 0.3) is 0 Å². The number of aliphatic hydroxyl groups is 1. The Hall–Kier alpha value is -1.30. The summed E-state index contributed by atoms with van der Waals surface area (Å²) in [6, 6.07) is -0.598. The summed E-state index contributed by atoms with van der Waals surface area (Å²) in [6.45, 7) is 7.09. The van der Waals surface area contributed by atoms with Crippen LogP contribution in [0.2, 0.25) is 0 Å². The number of hydrogen-bond acceptors (Lipinski definition) is 3. The van der Waals surface area contributed by atoms with Crippen LogP contribution in [0.5, 0.6) is 0 Å². The van der Waals surface area contributed by atoms with E-state index in [4.69, 9.17) is 5.11 Å². The number of urea groups is 1. The SMILES string of the molecule is CC(C)(C)CC(CC(=O)O)NC(=O)N1CCC(O)CC1. The monoisotopic (exact) mass is 286 g/mol. The number of aliphatic hydroxyl groups excluding tert-OH is 1. The number of hydrogen-bond donors (Lipinski definition) is 3. The average molecular weight is 286 g/mol. The van der Waals surface area contributed by atoms with Gasteiger partial charge in [0.2, 0.25) is 0 Å². The smallest absolute Gasteiger partial charge is 0.317 e. The molecule has 0 radical (unpaired) electrons. The number of carboxylic acids is 1. The lowest BCUT2D eigenvalue weighted by atomic mass is 9.87. The van der Waals surface area contributed by atoms with Crippen molar-refractivity contribution < 1.29 is 19.8 Å². The number of nitrogens with one attached hydrogen (secondary N) is 1. The van der Waals surface area contributed by atoms with Gasteiger partial charge in [-0.3, -0.25) is 4.79 Å². The van der Waals surface area contributed by atoms with Crippen molar-refractivity contribution in [2.45, 2.75) is 58.6 Å². The van der Waals surface area contributed by atoms with Gasteiger partial charge in [-0.2, -0.15) is 0 Å². The maximum absolute atomic E-state index is 12.1. The third kappa shape index (κ3) is 6.23. The summed E-state index contributed by atoms with van der Waals surface area (Å²) in [4.78, 5) is 24.7. The predicted octanol–water partition coefficient (Wildman–Crippen LogP) is 1.43. The third-order valence-electron chi connectivity index (χ3n) is 3.36. The van der Waals surface area contributed by atoms with Crippen molar-refractivity contribution in [3.63, 3.8) is 0 Å². The highest BCUT2D eigenvalue weighted by molar-refractivity contribution is 5.76. The molecule has 0 aromatic carbocycles. The van der Waals surface area contributed by atoms with Crippen molar-refractivity contribution in [3.05, 3.63) is 0 Å². The van der Waals surface area contributed by atoms with E-state index in [0.717, 1.165) is 0 Å². The summed E-state index contributed by atoms with van der Waals surface area (Å²) in [6.07, 6.45) is 1.37. The molecule has 1 rings (SSSR count). The zero-order valence-electron chi connectivity index (χ0n) is 12.6. The second-order valence-electron chi connectivity index (χ2n) is 6.73. The molecule has 6 nitrogen and oxygen atoms in total. The number of carbonyl (C=O) groups excluding carboxylic acids is 1. The van der Waals surface area contributed by atoms with Crippen molar-refractivity contribution in [1.82, 2.24) is 10.2 Å². The Balaban J connectivity index is 2.55. The summed E-state index contributed by atoms with van der Waals surface area (Å²) in [5.41, 5.74) is -0.0501. The Labute approximate surface area is 120 Å². The lowest BCUT2D eigenvalue weighted by molar-refractivity contribution is -0.137. The number of rotatable bonds is 4. The average Bonchev–Trinajstić information content (AvgIpc) is 2.26. The van der Waals surface area contributed by atoms with E-state index in [1.807, 2.05) is 20.8 Å². The van der Waals surface area contributed by atoms with Gasteiger partial charge in [-0.15, -0.1) is 0 Å². The molecule has 2 amide bonds. The fourth-order valence-corrected chi connectivity index (χ4v) is 2.46. The summed E-state index contributed by atoms with van der Waals surface area (Å²) in [5.74, 6) is -0.909. The van der Waals surface area contributed by atoms with E-state index in [0.29, 0.717) is 32.4 Å². The molecule has 0 bridgehead atoms. The highest BCUT2D eigenvalue weighted by atomic mass is 16.4. The molecule has 0 aliphatic carbocycles. The standard InChI is InChI=1S/C14H26N2O4/c1-14(2,3)9-10(8-12(18)19)15-13(20)16-6-4-11(17)5-7-16/h10-11,17H,4-9H2,1-3H3,(H,15,20)(H,18,19). The maximum Gasteiger partial charge on any atom is 0.317 e. The molecule has 20 heavy (non-hydrogen) atoms. The topological polar surface area (TPSA) is 89.9 Å². The molecule has 3 N–H and O–H groups in total. The van der Waals surface area contributed by atoms with Crippen LogP contribution in [-0.2, 0) is 4.79 Å². The fourth-order valence-electron chi connectivity index (χ4n) is 2.46. The Morgan fingerprint density at radius 1 is 1.30 bits per heavy atom. The van der Waals surface area contributed by atoms with Crippen LogP contribution in [0.25, 0.3) is 0 Å². The molecule has 1 aliphatic rings. The van der Waals surface area contributed by atoms with Crippen molar-refractivity contribution in [2.24, 2.45) is 5.41 Å². The molecule has 1 fully saturated rings. The first kappa shape index (κ1) is 16.8. The van der Waals surface area contributed by atoms with Crippen LogP contribution < -0.4 is 5.32 Å². The highest BCUT2D eigenvalue weighted by Gasteiger charge is 2.26. The largest absolute Gasteiger partial charge is 0.481 e. The van der Waals surface area contributed by atoms with Crippen molar-refractivity contribution >= 4 is 12.0 Å². The Kier molecular flexibility index (Phi) is 5.80. The van der Waals surface area contributed by atoms with Crippen molar-refractivity contribution in [3.8, 4) is 0 Å². The van der Waals surface area contributed by atoms with Crippen LogP contribution in [0.15, 0.2) is 0 Å². The third-order valence-corrected chi connectivity index (χ3v) is 3.36. The second-order valence-corrected chi connectivity index (χ2v) is 6.73. The van der Waals surface area contributed by atoms with Gasteiger partial charge in [0.15, 0.2) is 0 Å². The number of carboxylic acid groups (broad SMARTS) is 1. The first-order valence-corrected chi connectivity index (χ1v) is 7.12. The van der Waals surface area contributed by atoms with Gasteiger partial charge in [0.05, 0.1) is 12.5 Å². The van der Waals surface area contributed by atoms with Gasteiger partial charge in [-0.05, 0) is 24.7 Å². The zero-order chi connectivity index (χ0) is 15.3. The molecule has 1 aliphatic heterocycles. The van der Waals surface area contributed by atoms with E-state index < -0.39 is 5.97 Å². The summed E-state index contributed by atoms with van der Waals surface area (Å²) in [5, 5.41) is 21.2. The molecule has 0 saturated carbocycles. The van der Waals surface area contributed by atoms with Crippen molar-refractivity contribution in [1.29, 1.82) is 0 Å². The molecule has 1 heterocycles. The van der Waals surface area contributed by atoms with Gasteiger partial charge in [-0.1, -0.05) is 20.8 Å². The minimum absolute atomic E-state index is 0.0501. The van der Waals surface area contributed by atoms with Crippen LogP contribution in [0, 0.1) is 5.41 Å². The summed E-state index contributed by atoms with van der Waals surface area (Å²) >= 11 is 0. The molecule has 0 aromatic heterocycles. The van der Waals surface area contributed by atoms with Gasteiger partial charge >= 0.3 is 12.0 Å². The van der Waals surface area contributed by atoms with Crippen LogP contribution in [0.3, 0.4) is 0 Å². The van der Waals surface area contributed by atoms with Gasteiger partial charge in [0, 0.05) is 19.1 Å². The first-order valence-electron chi connectivity index (χ1n) is 7.12. The van der Waals surface area contributed by atoms with Gasteiger partial charge in [-0.25, -0.2) is 4.79 Å². The zero-order valence-corrected chi connectivity index (χ0v) is 12.6. The lowest BCUT2D eigenvalue weighted by Crippen LogP contribution is -2.49. The Morgan fingerprint density at radius 3 is 2.30 bits per heavy atom. The first-order chi connectivity index (χ1) is 9.17. The van der Waals surface area contributed by atoms with E-state index in [-0.39, 0.29) is 30.0 Å². The highest BCUT2D eigenvalue weighted by Crippen LogP contribution is 2.22. The molecule has 6 heteroatoms. The van der Waals surface area contributed by atoms with Crippen molar-refractivity contribution in [2.75, 3.05) is 13.1 Å². The fraction of sp³-hybridized carbons (Fsp3) is 0.857. The number of aliphatic carboxylic acids is 1. The molecule has 1 saturated heterocycles. The minimum Gasteiger partial charge on any atom is -0.481 e. The van der Waals surface area contributed by atoms with E-state index in [2.05, 4.69) is 5.32 Å². The van der Waals surface area contributed by atoms with Crippen LogP contribution in [0.1, 0.15) is 46.5 Å². The number of nitrogens with zero attached hydrogens (tertiary/aromatic N) is 1. The van der Waals surface area contributed by atoms with Crippen LogP contribution >= 0.6 is 0 Å². The Morgan fingerprint density at radius 2 is 1.85 bits per heavy atom. The molecular weight excluding hydrogens is 260 g/mol. The number of carbonyl (C=O) groups is 2. The Bertz CT molecular complexity index is 344. The number of amides is 2. The second kappa shape index (κ2) is 6.92. The predicted molar refractivity (Wildman–Crippen MR) is 75.5 cm³/mol. The van der Waals surface area contributed by atoms with E-state index in [1.54, 1.807) is 4.90 Å². The molecule has 0 spiro atoms. The van der Waals surface area contributed by atoms with Crippen LogP contribution in [0.4, 0.5) is 4.79 Å². The van der Waals surface area contributed by atoms with Gasteiger partial charge in [0.1, 0.15) is 0 Å². The summed E-state index contributed by atoms with van der Waals surface area (Å²) in [7, 11) is 0. The number of piperidine rings is 1. The van der Waals surface area contributed by atoms with E-state index in [1.165, 1.54) is 0 Å². The van der Waals surface area contributed by atoms with Gasteiger partial charge < -0.3 is 20.4 Å². The maximum atomic E-state index is 12.1. The van der Waals surface area contributed by atoms with E-state index >= 15 is 0 Å². The lowest BCUT2D eigenvalue weighted by Gasteiger charge is -2.32. The normalized spacial score (nSPS) is 18.7. The summed E-state index contributed by atoms with van der Waals surface area (Å²) < 4.78 is 0. The molecule has 1 unspecified atom stereocenters. The molecule has 0 aromatic rings. The van der Waals surface area contributed by atoms with E-state index in [9.17, 15) is 14.7 Å². The minimum atomic E-state index is -0.909.